The summed E-state index contributed by atoms with van der Waals surface area (Å²) in [6.07, 6.45) is 0.721. The third-order valence-electron chi connectivity index (χ3n) is 1.87. The molecule has 0 amide bonds. The maximum absolute atomic E-state index is 5.62. The minimum atomic E-state index is 0.533. The highest BCUT2D eigenvalue weighted by atomic mass is 35.5. The molecule has 2 heteroatoms. The van der Waals surface area contributed by atoms with Gasteiger partial charge in [-0.2, -0.15) is 0 Å². The number of rotatable bonds is 4. The van der Waals surface area contributed by atoms with E-state index in [9.17, 15) is 0 Å². The molecule has 0 aromatic heterocycles. The SMILES string of the molecule is CC(C)COc1cccc(C#CCCCl)c1. The first-order valence-electron chi connectivity index (χ1n) is 5.50. The average Bonchev–Trinajstić information content (AvgIpc) is 2.27. The molecule has 0 atom stereocenters. The van der Waals surface area contributed by atoms with Crippen LogP contribution in [0.1, 0.15) is 25.8 Å². The molecule has 86 valence electrons. The summed E-state index contributed by atoms with van der Waals surface area (Å²) in [4.78, 5) is 0. The summed E-state index contributed by atoms with van der Waals surface area (Å²) < 4.78 is 5.62. The van der Waals surface area contributed by atoms with Crippen molar-refractivity contribution in [3.05, 3.63) is 29.8 Å². The Balaban J connectivity index is 2.61. The van der Waals surface area contributed by atoms with E-state index in [0.29, 0.717) is 11.8 Å². The van der Waals surface area contributed by atoms with Crippen LogP contribution in [-0.2, 0) is 0 Å². The number of halogens is 1. The monoisotopic (exact) mass is 236 g/mol. The molecule has 0 saturated carbocycles. The highest BCUT2D eigenvalue weighted by Gasteiger charge is 1.97. The van der Waals surface area contributed by atoms with Crippen molar-refractivity contribution in [3.63, 3.8) is 0 Å². The molecule has 0 aliphatic rings. The lowest BCUT2D eigenvalue weighted by molar-refractivity contribution is 0.271. The lowest BCUT2D eigenvalue weighted by atomic mass is 10.2. The summed E-state index contributed by atoms with van der Waals surface area (Å²) in [6.45, 7) is 4.99. The molecule has 1 nitrogen and oxygen atoms in total. The van der Waals surface area contributed by atoms with E-state index in [2.05, 4.69) is 25.7 Å². The highest BCUT2D eigenvalue weighted by Crippen LogP contribution is 2.13. The quantitative estimate of drug-likeness (QED) is 0.572. The van der Waals surface area contributed by atoms with Crippen LogP contribution in [0.25, 0.3) is 0 Å². The van der Waals surface area contributed by atoms with Gasteiger partial charge in [0.05, 0.1) is 6.61 Å². The van der Waals surface area contributed by atoms with Gasteiger partial charge >= 0.3 is 0 Å². The lowest BCUT2D eigenvalue weighted by Crippen LogP contribution is -2.04. The normalized spacial score (nSPS) is 9.75. The van der Waals surface area contributed by atoms with Gasteiger partial charge in [0.25, 0.3) is 0 Å². The number of benzene rings is 1. The van der Waals surface area contributed by atoms with Gasteiger partial charge in [0, 0.05) is 17.9 Å². The second-order valence-corrected chi connectivity index (χ2v) is 4.35. The van der Waals surface area contributed by atoms with E-state index in [1.54, 1.807) is 0 Å². The Kier molecular flexibility index (Phi) is 5.82. The summed E-state index contributed by atoms with van der Waals surface area (Å²) in [5.74, 6) is 8.06. The average molecular weight is 237 g/mol. The van der Waals surface area contributed by atoms with Crippen LogP contribution < -0.4 is 4.74 Å². The van der Waals surface area contributed by atoms with Crippen molar-refractivity contribution in [2.75, 3.05) is 12.5 Å². The molecular formula is C14H17ClO. The zero-order valence-corrected chi connectivity index (χ0v) is 10.6. The van der Waals surface area contributed by atoms with Gasteiger partial charge in [0.1, 0.15) is 5.75 Å². The van der Waals surface area contributed by atoms with Gasteiger partial charge in [-0.05, 0) is 24.1 Å². The topological polar surface area (TPSA) is 9.23 Å². The van der Waals surface area contributed by atoms with Crippen LogP contribution in [-0.4, -0.2) is 12.5 Å². The van der Waals surface area contributed by atoms with Crippen LogP contribution in [0.2, 0.25) is 0 Å². The first-order valence-corrected chi connectivity index (χ1v) is 6.03. The van der Waals surface area contributed by atoms with Gasteiger partial charge < -0.3 is 4.74 Å². The summed E-state index contributed by atoms with van der Waals surface area (Å²) in [6, 6.07) is 7.85. The maximum atomic E-state index is 5.62. The molecule has 0 heterocycles. The van der Waals surface area contributed by atoms with Gasteiger partial charge in [0.2, 0.25) is 0 Å². The fourth-order valence-corrected chi connectivity index (χ4v) is 1.23. The van der Waals surface area contributed by atoms with Gasteiger partial charge in [-0.3, -0.25) is 0 Å². The number of ether oxygens (including phenoxy) is 1. The van der Waals surface area contributed by atoms with Crippen molar-refractivity contribution in [1.29, 1.82) is 0 Å². The minimum absolute atomic E-state index is 0.533. The van der Waals surface area contributed by atoms with Gasteiger partial charge in [-0.25, -0.2) is 0 Å². The van der Waals surface area contributed by atoms with Crippen molar-refractivity contribution in [2.45, 2.75) is 20.3 Å². The van der Waals surface area contributed by atoms with Crippen molar-refractivity contribution in [1.82, 2.24) is 0 Å². The lowest BCUT2D eigenvalue weighted by Gasteiger charge is -2.08. The molecule has 0 N–H and O–H groups in total. The Bertz CT molecular complexity index is 374. The van der Waals surface area contributed by atoms with Crippen molar-refractivity contribution >= 4 is 11.6 Å². The third kappa shape index (κ3) is 5.09. The second kappa shape index (κ2) is 7.19. The van der Waals surface area contributed by atoms with Crippen LogP contribution in [0.4, 0.5) is 0 Å². The number of hydrogen-bond acceptors (Lipinski definition) is 1. The molecule has 1 aromatic carbocycles. The van der Waals surface area contributed by atoms with Crippen LogP contribution in [0.3, 0.4) is 0 Å². The molecule has 0 bridgehead atoms. The fourth-order valence-electron chi connectivity index (χ4n) is 1.14. The zero-order valence-electron chi connectivity index (χ0n) is 9.79. The summed E-state index contributed by atoms with van der Waals surface area (Å²) >= 11 is 5.56. The number of alkyl halides is 1. The van der Waals surface area contributed by atoms with Gasteiger partial charge in [0.15, 0.2) is 0 Å². The van der Waals surface area contributed by atoms with Crippen molar-refractivity contribution in [2.24, 2.45) is 5.92 Å². The van der Waals surface area contributed by atoms with Crippen LogP contribution in [0.15, 0.2) is 24.3 Å². The maximum Gasteiger partial charge on any atom is 0.120 e. The fraction of sp³-hybridized carbons (Fsp3) is 0.429. The molecule has 1 aromatic rings. The van der Waals surface area contributed by atoms with E-state index >= 15 is 0 Å². The molecule has 16 heavy (non-hydrogen) atoms. The molecule has 0 spiro atoms. The molecule has 0 radical (unpaired) electrons. The van der Waals surface area contributed by atoms with E-state index in [-0.39, 0.29) is 0 Å². The Morgan fingerprint density at radius 1 is 1.38 bits per heavy atom. The Labute approximate surface area is 103 Å². The molecule has 1 rings (SSSR count). The summed E-state index contributed by atoms with van der Waals surface area (Å²) in [5.41, 5.74) is 0.978. The van der Waals surface area contributed by atoms with Crippen LogP contribution in [0.5, 0.6) is 5.75 Å². The first-order chi connectivity index (χ1) is 7.72. The second-order valence-electron chi connectivity index (χ2n) is 3.97. The van der Waals surface area contributed by atoms with Crippen molar-refractivity contribution < 1.29 is 4.74 Å². The Hall–Kier alpha value is -1.13. The van der Waals surface area contributed by atoms with Gasteiger partial charge in [-0.15, -0.1) is 11.6 Å². The molecule has 0 unspecified atom stereocenters. The molecule has 0 saturated heterocycles. The molecular weight excluding hydrogens is 220 g/mol. The van der Waals surface area contributed by atoms with Crippen molar-refractivity contribution in [3.8, 4) is 17.6 Å². The smallest absolute Gasteiger partial charge is 0.120 e. The van der Waals surface area contributed by atoms with E-state index in [4.69, 9.17) is 16.3 Å². The summed E-state index contributed by atoms with van der Waals surface area (Å²) in [5, 5.41) is 0. The van der Waals surface area contributed by atoms with E-state index in [1.807, 2.05) is 24.3 Å². The van der Waals surface area contributed by atoms with E-state index in [1.165, 1.54) is 0 Å². The zero-order chi connectivity index (χ0) is 11.8. The largest absolute Gasteiger partial charge is 0.493 e. The molecule has 0 fully saturated rings. The van der Waals surface area contributed by atoms with Gasteiger partial charge in [-0.1, -0.05) is 31.8 Å². The van der Waals surface area contributed by atoms with E-state index in [0.717, 1.165) is 24.3 Å². The van der Waals surface area contributed by atoms with Crippen LogP contribution >= 0.6 is 11.6 Å². The van der Waals surface area contributed by atoms with E-state index < -0.39 is 0 Å². The predicted molar refractivity (Wildman–Crippen MR) is 69.0 cm³/mol. The standard InChI is InChI=1S/C14H17ClO/c1-12(2)11-16-14-8-5-7-13(10-14)6-3-4-9-15/h5,7-8,10,12H,4,9,11H2,1-2H3. The summed E-state index contributed by atoms with van der Waals surface area (Å²) in [7, 11) is 0. The predicted octanol–water partition coefficient (Wildman–Crippen LogP) is 3.70. The Morgan fingerprint density at radius 3 is 2.88 bits per heavy atom. The first kappa shape index (κ1) is 12.9. The Morgan fingerprint density at radius 2 is 2.19 bits per heavy atom. The molecule has 0 aliphatic carbocycles. The molecule has 0 aliphatic heterocycles. The number of hydrogen-bond donors (Lipinski definition) is 0. The van der Waals surface area contributed by atoms with Crippen LogP contribution in [0, 0.1) is 17.8 Å². The highest BCUT2D eigenvalue weighted by molar-refractivity contribution is 6.18. The minimum Gasteiger partial charge on any atom is -0.493 e. The third-order valence-corrected chi connectivity index (χ3v) is 2.06.